The average molecular weight is 355 g/mol. The Morgan fingerprint density at radius 3 is 2.58 bits per heavy atom. The molecule has 136 valence electrons. The van der Waals surface area contributed by atoms with Crippen LogP contribution in [0.4, 0.5) is 11.4 Å². The molecule has 0 radical (unpaired) electrons. The van der Waals surface area contributed by atoms with E-state index in [0.717, 1.165) is 49.9 Å². The quantitative estimate of drug-likeness (QED) is 0.620. The minimum absolute atomic E-state index is 0.0225. The highest BCUT2D eigenvalue weighted by atomic mass is 16.6. The zero-order chi connectivity index (χ0) is 17.9. The van der Waals surface area contributed by atoms with E-state index in [-0.39, 0.29) is 16.7 Å². The number of ether oxygens (including phenoxy) is 2. The second kappa shape index (κ2) is 7.21. The highest BCUT2D eigenvalue weighted by Gasteiger charge is 2.25. The van der Waals surface area contributed by atoms with Crippen molar-refractivity contribution in [3.05, 3.63) is 58.6 Å². The van der Waals surface area contributed by atoms with E-state index in [1.807, 2.05) is 30.3 Å². The van der Waals surface area contributed by atoms with Crippen LogP contribution in [-0.2, 0) is 0 Å². The minimum Gasteiger partial charge on any atom is -0.486 e. The summed E-state index contributed by atoms with van der Waals surface area (Å²) in [6, 6.07) is 14.6. The van der Waals surface area contributed by atoms with Crippen LogP contribution in [0, 0.1) is 10.1 Å². The molecule has 0 aromatic heterocycles. The molecule has 0 bridgehead atoms. The summed E-state index contributed by atoms with van der Waals surface area (Å²) < 4.78 is 11.8. The van der Waals surface area contributed by atoms with E-state index < -0.39 is 0 Å². The fourth-order valence-electron chi connectivity index (χ4n) is 3.43. The van der Waals surface area contributed by atoms with Crippen LogP contribution < -0.4 is 14.4 Å². The van der Waals surface area contributed by atoms with Gasteiger partial charge in [0.15, 0.2) is 11.5 Å². The van der Waals surface area contributed by atoms with Gasteiger partial charge in [-0.1, -0.05) is 18.2 Å². The number of para-hydroxylation sites is 2. The van der Waals surface area contributed by atoms with Crippen molar-refractivity contribution < 1.29 is 14.4 Å². The summed E-state index contributed by atoms with van der Waals surface area (Å²) in [5.41, 5.74) is 1.04. The predicted molar refractivity (Wildman–Crippen MR) is 98.1 cm³/mol. The van der Waals surface area contributed by atoms with Crippen LogP contribution >= 0.6 is 0 Å². The highest BCUT2D eigenvalue weighted by molar-refractivity contribution is 5.53. The zero-order valence-electron chi connectivity index (χ0n) is 14.4. The molecule has 7 nitrogen and oxygen atoms in total. The Balaban J connectivity index is 1.32. The number of nitro benzene ring substituents is 1. The molecule has 1 saturated heterocycles. The number of nitro groups is 1. The van der Waals surface area contributed by atoms with Crippen molar-refractivity contribution in [2.75, 3.05) is 44.2 Å². The molecule has 2 aromatic rings. The van der Waals surface area contributed by atoms with Gasteiger partial charge in [-0.05, 0) is 18.2 Å². The molecule has 0 aliphatic carbocycles. The summed E-state index contributed by atoms with van der Waals surface area (Å²) in [6.45, 7) is 4.84. The molecular formula is C19H21N3O4. The largest absolute Gasteiger partial charge is 0.486 e. The van der Waals surface area contributed by atoms with Gasteiger partial charge in [-0.2, -0.15) is 0 Å². The number of anilines is 1. The Labute approximate surface area is 151 Å². The molecule has 1 atom stereocenters. The lowest BCUT2D eigenvalue weighted by Gasteiger charge is -2.38. The molecule has 2 aliphatic heterocycles. The van der Waals surface area contributed by atoms with Crippen LogP contribution in [0.2, 0.25) is 0 Å². The third-order valence-electron chi connectivity index (χ3n) is 4.81. The van der Waals surface area contributed by atoms with E-state index in [9.17, 15) is 10.1 Å². The van der Waals surface area contributed by atoms with E-state index in [2.05, 4.69) is 9.80 Å². The van der Waals surface area contributed by atoms with Gasteiger partial charge in [-0.3, -0.25) is 15.0 Å². The first-order valence-electron chi connectivity index (χ1n) is 8.79. The number of fused-ring (bicyclic) bond motifs is 1. The maximum atomic E-state index is 11.0. The number of nitrogens with zero attached hydrogens (tertiary/aromatic N) is 3. The van der Waals surface area contributed by atoms with Gasteiger partial charge < -0.3 is 14.4 Å². The molecule has 0 amide bonds. The molecule has 2 aliphatic rings. The van der Waals surface area contributed by atoms with Crippen LogP contribution in [0.5, 0.6) is 11.5 Å². The Hall–Kier alpha value is -2.80. The Morgan fingerprint density at radius 1 is 1.04 bits per heavy atom. The lowest BCUT2D eigenvalue weighted by atomic mass is 10.2. The van der Waals surface area contributed by atoms with Gasteiger partial charge in [0, 0.05) is 50.5 Å². The third-order valence-corrected chi connectivity index (χ3v) is 4.81. The molecule has 0 saturated carbocycles. The van der Waals surface area contributed by atoms with Crippen molar-refractivity contribution in [1.29, 1.82) is 0 Å². The van der Waals surface area contributed by atoms with Crippen LogP contribution in [0.1, 0.15) is 0 Å². The lowest BCUT2D eigenvalue weighted by Crippen LogP contribution is -2.50. The van der Waals surface area contributed by atoms with Crippen molar-refractivity contribution in [2.45, 2.75) is 6.10 Å². The predicted octanol–water partition coefficient (Wildman–Crippen LogP) is 2.56. The number of benzene rings is 2. The molecule has 4 rings (SSSR count). The number of rotatable bonds is 4. The second-order valence-corrected chi connectivity index (χ2v) is 6.56. The third kappa shape index (κ3) is 3.57. The van der Waals surface area contributed by atoms with Crippen LogP contribution in [0.3, 0.4) is 0 Å². The van der Waals surface area contributed by atoms with Crippen LogP contribution in [0.15, 0.2) is 48.5 Å². The summed E-state index contributed by atoms with van der Waals surface area (Å²) in [6.07, 6.45) is 0.0225. The van der Waals surface area contributed by atoms with E-state index in [4.69, 9.17) is 9.47 Å². The molecule has 7 heteroatoms. The van der Waals surface area contributed by atoms with Gasteiger partial charge >= 0.3 is 0 Å². The van der Waals surface area contributed by atoms with Gasteiger partial charge in [-0.15, -0.1) is 0 Å². The minimum atomic E-state index is -0.349. The Morgan fingerprint density at radius 2 is 1.81 bits per heavy atom. The molecule has 0 N–H and O–H groups in total. The van der Waals surface area contributed by atoms with Gasteiger partial charge in [0.2, 0.25) is 0 Å². The van der Waals surface area contributed by atoms with Crippen LogP contribution in [-0.4, -0.2) is 55.3 Å². The fraction of sp³-hybridized carbons (Fsp3) is 0.368. The summed E-state index contributed by atoms with van der Waals surface area (Å²) in [7, 11) is 0. The number of piperazine rings is 1. The highest BCUT2D eigenvalue weighted by Crippen LogP contribution is 2.31. The normalized spacial score (nSPS) is 20.0. The zero-order valence-corrected chi connectivity index (χ0v) is 14.4. The topological polar surface area (TPSA) is 68.1 Å². The van der Waals surface area contributed by atoms with E-state index in [1.54, 1.807) is 12.1 Å². The van der Waals surface area contributed by atoms with Gasteiger partial charge in [-0.25, -0.2) is 0 Å². The standard InChI is InChI=1S/C19H21N3O4/c23-22(24)16-5-3-4-15(12-16)21-10-8-20(9-11-21)13-17-14-25-18-6-1-2-7-19(18)26-17/h1-7,12,17H,8-11,13-14H2. The summed E-state index contributed by atoms with van der Waals surface area (Å²) in [5.74, 6) is 1.61. The molecule has 2 heterocycles. The fourth-order valence-corrected chi connectivity index (χ4v) is 3.43. The van der Waals surface area contributed by atoms with Crippen LogP contribution in [0.25, 0.3) is 0 Å². The SMILES string of the molecule is O=[N+]([O-])c1cccc(N2CCN(CC3COc4ccccc4O3)CC2)c1. The average Bonchev–Trinajstić information content (AvgIpc) is 2.68. The molecule has 1 unspecified atom stereocenters. The summed E-state index contributed by atoms with van der Waals surface area (Å²) >= 11 is 0. The molecule has 1 fully saturated rings. The maximum Gasteiger partial charge on any atom is 0.271 e. The van der Waals surface area contributed by atoms with Crippen molar-refractivity contribution in [3.8, 4) is 11.5 Å². The van der Waals surface area contributed by atoms with Crippen molar-refractivity contribution in [1.82, 2.24) is 4.90 Å². The number of hydrogen-bond acceptors (Lipinski definition) is 6. The molecule has 0 spiro atoms. The monoisotopic (exact) mass is 355 g/mol. The van der Waals surface area contributed by atoms with Gasteiger partial charge in [0.25, 0.3) is 5.69 Å². The van der Waals surface area contributed by atoms with Crippen molar-refractivity contribution >= 4 is 11.4 Å². The lowest BCUT2D eigenvalue weighted by molar-refractivity contribution is -0.384. The maximum absolute atomic E-state index is 11.0. The number of hydrogen-bond donors (Lipinski definition) is 0. The Bertz CT molecular complexity index is 790. The number of non-ortho nitro benzene ring substituents is 1. The van der Waals surface area contributed by atoms with Crippen molar-refractivity contribution in [2.24, 2.45) is 0 Å². The molecule has 26 heavy (non-hydrogen) atoms. The summed E-state index contributed by atoms with van der Waals surface area (Å²) in [4.78, 5) is 15.1. The van der Waals surface area contributed by atoms with E-state index >= 15 is 0 Å². The smallest absolute Gasteiger partial charge is 0.271 e. The summed E-state index contributed by atoms with van der Waals surface area (Å²) in [5, 5.41) is 11.0. The molecule has 2 aromatic carbocycles. The second-order valence-electron chi connectivity index (χ2n) is 6.56. The first-order chi connectivity index (χ1) is 12.7. The first kappa shape index (κ1) is 16.7. The Kier molecular flexibility index (Phi) is 4.62. The van der Waals surface area contributed by atoms with Crippen molar-refractivity contribution in [3.63, 3.8) is 0 Å². The molecular weight excluding hydrogens is 334 g/mol. The first-order valence-corrected chi connectivity index (χ1v) is 8.79. The van der Waals surface area contributed by atoms with E-state index in [0.29, 0.717) is 6.61 Å². The van der Waals surface area contributed by atoms with E-state index in [1.165, 1.54) is 6.07 Å². The van der Waals surface area contributed by atoms with Gasteiger partial charge in [0.1, 0.15) is 12.7 Å². The van der Waals surface area contributed by atoms with Gasteiger partial charge in [0.05, 0.1) is 4.92 Å².